The number of amides is 2. The fourth-order valence-corrected chi connectivity index (χ4v) is 12.9. The zero-order valence-corrected chi connectivity index (χ0v) is 37.3. The van der Waals surface area contributed by atoms with Crippen molar-refractivity contribution in [3.63, 3.8) is 0 Å². The lowest BCUT2D eigenvalue weighted by atomic mass is 9.52. The molecule has 5 heterocycles. The van der Waals surface area contributed by atoms with Crippen LogP contribution in [0.4, 0.5) is 0 Å². The van der Waals surface area contributed by atoms with Crippen molar-refractivity contribution in [2.45, 2.75) is 198 Å². The number of carbonyl (C=O) groups excluding carboxylic acids is 3. The van der Waals surface area contributed by atoms with E-state index in [9.17, 15) is 14.7 Å². The third kappa shape index (κ3) is 7.70. The standard InChI is InChI=1S/C49H71N3O9/c1-6-8-12-21-48(22-13-9-7-2)59-39-37-29-49(45(56)51-25-14-17-36(51)43(54)50-24-26-53)41(44(55)57-37)52(61-42(49)40(39)60-48)30-33-16-11-10-15-31(33)27-32-18-19-38-47(5,58-38)23-20-35-34(32)28-46(35,3)4/h10-11,15-16,27,34-42,53H,6-9,12-14,17-26,28-30H2,1-5H3,(H,50,54)/t34-,35-,36-,37?,38?,39+,40+,41+,42-,47-,49?/m1/s1. The molecule has 11 atom stereocenters. The Morgan fingerprint density at radius 2 is 1.70 bits per heavy atom. The van der Waals surface area contributed by atoms with Gasteiger partial charge in [-0.15, -0.1) is 0 Å². The maximum absolute atomic E-state index is 15.6. The molecule has 5 saturated heterocycles. The van der Waals surface area contributed by atoms with Crippen LogP contribution in [0.15, 0.2) is 29.8 Å². The van der Waals surface area contributed by atoms with Gasteiger partial charge in [-0.1, -0.05) is 89.3 Å². The van der Waals surface area contributed by atoms with Crippen molar-refractivity contribution in [3.05, 3.63) is 41.0 Å². The van der Waals surface area contributed by atoms with Gasteiger partial charge in [-0.25, -0.2) is 0 Å². The van der Waals surface area contributed by atoms with E-state index < -0.39 is 53.7 Å². The van der Waals surface area contributed by atoms with Gasteiger partial charge in [-0.3, -0.25) is 19.2 Å². The van der Waals surface area contributed by atoms with Crippen molar-refractivity contribution < 1.29 is 43.3 Å². The van der Waals surface area contributed by atoms with Crippen LogP contribution in [0.3, 0.4) is 0 Å². The largest absolute Gasteiger partial charge is 0.458 e. The van der Waals surface area contributed by atoms with E-state index in [1.54, 1.807) is 9.96 Å². The van der Waals surface area contributed by atoms with Gasteiger partial charge in [0.15, 0.2) is 11.8 Å². The average molecular weight is 846 g/mol. The van der Waals surface area contributed by atoms with Crippen molar-refractivity contribution in [1.29, 1.82) is 0 Å². The second-order valence-corrected chi connectivity index (χ2v) is 20.7. The molecule has 3 unspecified atom stereocenters. The van der Waals surface area contributed by atoms with Gasteiger partial charge in [0.2, 0.25) is 11.8 Å². The number of aliphatic hydroxyl groups is 1. The van der Waals surface area contributed by atoms with Gasteiger partial charge in [0.1, 0.15) is 35.9 Å². The minimum atomic E-state index is -1.36. The fourth-order valence-electron chi connectivity index (χ4n) is 12.9. The molecule has 61 heavy (non-hydrogen) atoms. The van der Waals surface area contributed by atoms with Crippen LogP contribution >= 0.6 is 0 Å². The Bertz CT molecular complexity index is 1840. The van der Waals surface area contributed by atoms with E-state index in [0.29, 0.717) is 50.2 Å². The zero-order valence-electron chi connectivity index (χ0n) is 37.3. The Morgan fingerprint density at radius 1 is 0.951 bits per heavy atom. The smallest absolute Gasteiger partial charge is 0.327 e. The van der Waals surface area contributed by atoms with Gasteiger partial charge in [0.25, 0.3) is 0 Å². The summed E-state index contributed by atoms with van der Waals surface area (Å²) in [5, 5.41) is 14.0. The molecule has 5 aliphatic heterocycles. The Morgan fingerprint density at radius 3 is 2.44 bits per heavy atom. The van der Waals surface area contributed by atoms with Gasteiger partial charge < -0.3 is 34.3 Å². The normalized spacial score (nSPS) is 38.7. The van der Waals surface area contributed by atoms with E-state index in [4.69, 9.17) is 23.8 Å². The monoisotopic (exact) mass is 846 g/mol. The summed E-state index contributed by atoms with van der Waals surface area (Å²) in [6, 6.07) is 6.61. The van der Waals surface area contributed by atoms with Crippen LogP contribution in [0, 0.1) is 22.7 Å². The molecule has 1 aromatic rings. The molecule has 8 fully saturated rings. The molecule has 2 amide bonds. The summed E-state index contributed by atoms with van der Waals surface area (Å²) in [5.74, 6) is -0.799. The molecule has 3 aliphatic carbocycles. The number of benzene rings is 1. The first-order valence-electron chi connectivity index (χ1n) is 24.0. The van der Waals surface area contributed by atoms with Crippen LogP contribution in [0.1, 0.15) is 148 Å². The Balaban J connectivity index is 1.07. The van der Waals surface area contributed by atoms with Gasteiger partial charge in [-0.2, -0.15) is 5.06 Å². The quantitative estimate of drug-likeness (QED) is 0.108. The summed E-state index contributed by atoms with van der Waals surface area (Å²) >= 11 is 0. The number of nitrogens with zero attached hydrogens (tertiary/aromatic N) is 2. The minimum absolute atomic E-state index is 0.00449. The number of unbranched alkanes of at least 4 members (excludes halogenated alkanes) is 4. The third-order valence-corrected chi connectivity index (χ3v) is 16.3. The minimum Gasteiger partial charge on any atom is -0.458 e. The molecular formula is C49H71N3O9. The number of hydroxylamine groups is 2. The van der Waals surface area contributed by atoms with Crippen LogP contribution in [0.25, 0.3) is 6.08 Å². The van der Waals surface area contributed by atoms with Gasteiger partial charge >= 0.3 is 5.97 Å². The second-order valence-electron chi connectivity index (χ2n) is 20.7. The van der Waals surface area contributed by atoms with Crippen LogP contribution in [0.2, 0.25) is 0 Å². The first-order valence-corrected chi connectivity index (χ1v) is 24.0. The zero-order chi connectivity index (χ0) is 42.7. The molecule has 336 valence electrons. The topological polar surface area (TPSA) is 139 Å². The first-order chi connectivity index (χ1) is 29.4. The molecule has 9 rings (SSSR count). The van der Waals surface area contributed by atoms with Crippen molar-refractivity contribution in [3.8, 4) is 0 Å². The Kier molecular flexibility index (Phi) is 12.0. The van der Waals surface area contributed by atoms with E-state index >= 15 is 4.79 Å². The van der Waals surface area contributed by atoms with E-state index in [1.165, 1.54) is 18.4 Å². The predicted octanol–water partition coefficient (Wildman–Crippen LogP) is 7.00. The predicted molar refractivity (Wildman–Crippen MR) is 228 cm³/mol. The highest BCUT2D eigenvalue weighted by Crippen LogP contribution is 2.61. The van der Waals surface area contributed by atoms with Crippen molar-refractivity contribution in [1.82, 2.24) is 15.3 Å². The SMILES string of the molecule is CCCCCC1(CCCCC)O[C@@H]2[C@H]3ON(Cc4ccccc4C=C4CCC5O[C@]5(C)CC[C@@H]5[C@@H]4CC5(C)C)[C@H]4C(=O)OC(CC34C(=O)N3CCC[C@@H]3C(=O)NCCO)[C@@H]2O1. The van der Waals surface area contributed by atoms with Crippen LogP contribution in [-0.2, 0) is 44.7 Å². The number of epoxide rings is 1. The number of rotatable bonds is 15. The maximum Gasteiger partial charge on any atom is 0.327 e. The number of nitrogens with one attached hydrogen (secondary N) is 1. The first kappa shape index (κ1) is 43.4. The van der Waals surface area contributed by atoms with Crippen LogP contribution in [0.5, 0.6) is 0 Å². The van der Waals surface area contributed by atoms with E-state index in [-0.39, 0.29) is 48.9 Å². The summed E-state index contributed by atoms with van der Waals surface area (Å²) in [5.41, 5.74) is 2.50. The lowest BCUT2D eigenvalue weighted by Crippen LogP contribution is -2.70. The number of allylic oxidation sites excluding steroid dienone is 1. The number of carbonyl (C=O) groups is 3. The van der Waals surface area contributed by atoms with Crippen LogP contribution < -0.4 is 5.32 Å². The molecule has 2 bridgehead atoms. The lowest BCUT2D eigenvalue weighted by Gasteiger charge is -2.53. The van der Waals surface area contributed by atoms with Gasteiger partial charge in [0.05, 0.1) is 24.9 Å². The molecule has 1 aromatic carbocycles. The third-order valence-electron chi connectivity index (χ3n) is 16.3. The van der Waals surface area contributed by atoms with E-state index in [0.717, 1.165) is 68.9 Å². The number of fused-ring (bicyclic) bond motifs is 6. The van der Waals surface area contributed by atoms with Crippen LogP contribution in [-0.4, -0.2) is 107 Å². The highest BCUT2D eigenvalue weighted by Gasteiger charge is 2.77. The molecule has 0 aromatic heterocycles. The summed E-state index contributed by atoms with van der Waals surface area (Å²) in [6.07, 6.45) is 14.3. The number of esters is 1. The summed E-state index contributed by atoms with van der Waals surface area (Å²) in [7, 11) is 0. The Hall–Kier alpha value is -2.87. The van der Waals surface area contributed by atoms with Crippen molar-refractivity contribution >= 4 is 23.9 Å². The molecule has 8 aliphatic rings. The molecule has 3 saturated carbocycles. The number of likely N-dealkylation sites (tertiary alicyclic amines) is 1. The molecule has 12 nitrogen and oxygen atoms in total. The van der Waals surface area contributed by atoms with Gasteiger partial charge in [-0.05, 0) is 93.1 Å². The molecule has 12 heteroatoms. The molecule has 2 N–H and O–H groups in total. The van der Waals surface area contributed by atoms with Crippen molar-refractivity contribution in [2.75, 3.05) is 19.7 Å². The molecule has 0 spiro atoms. The number of hydrogen-bond acceptors (Lipinski definition) is 10. The fraction of sp³-hybridized carbons (Fsp3) is 0.776. The van der Waals surface area contributed by atoms with Gasteiger partial charge in [0, 0.05) is 32.4 Å². The molecule has 0 radical (unpaired) electrons. The number of hydrogen-bond donors (Lipinski definition) is 2. The highest BCUT2D eigenvalue weighted by atomic mass is 16.8. The lowest BCUT2D eigenvalue weighted by molar-refractivity contribution is -0.225. The van der Waals surface area contributed by atoms with Crippen molar-refractivity contribution in [2.24, 2.45) is 22.7 Å². The summed E-state index contributed by atoms with van der Waals surface area (Å²) < 4.78 is 26.8. The maximum atomic E-state index is 15.6. The van der Waals surface area contributed by atoms with E-state index in [1.807, 2.05) is 6.07 Å². The molecular weight excluding hydrogens is 775 g/mol. The highest BCUT2D eigenvalue weighted by molar-refractivity contribution is 5.96. The number of ether oxygens (including phenoxy) is 4. The second kappa shape index (κ2) is 16.9. The summed E-state index contributed by atoms with van der Waals surface area (Å²) in [6.45, 7) is 12.0. The average Bonchev–Trinajstić information content (AvgIpc) is 3.62. The summed E-state index contributed by atoms with van der Waals surface area (Å²) in [4.78, 5) is 52.5. The Labute approximate surface area is 362 Å². The van der Waals surface area contributed by atoms with E-state index in [2.05, 4.69) is 64.2 Å². The number of aliphatic hydroxyl groups excluding tert-OH is 1.